The van der Waals surface area contributed by atoms with Crippen molar-refractivity contribution in [3.63, 3.8) is 0 Å². The molecule has 21 heavy (non-hydrogen) atoms. The first-order chi connectivity index (χ1) is 9.90. The van der Waals surface area contributed by atoms with Crippen LogP contribution in [-0.4, -0.2) is 39.2 Å². The summed E-state index contributed by atoms with van der Waals surface area (Å²) in [6.45, 7) is 4.01. The van der Waals surface area contributed by atoms with E-state index in [1.165, 1.54) is 12.1 Å². The number of phenols is 1. The van der Waals surface area contributed by atoms with Gasteiger partial charge < -0.3 is 20.4 Å². The lowest BCUT2D eigenvalue weighted by Gasteiger charge is -2.38. The van der Waals surface area contributed by atoms with E-state index in [2.05, 4.69) is 5.32 Å². The number of carbonyl (C=O) groups excluding carboxylic acids is 1. The summed E-state index contributed by atoms with van der Waals surface area (Å²) in [6.07, 6.45) is 3.02. The Hall–Kier alpha value is -2.24. The maximum atomic E-state index is 12.3. The van der Waals surface area contributed by atoms with E-state index in [9.17, 15) is 14.7 Å². The van der Waals surface area contributed by atoms with Crippen molar-refractivity contribution in [2.24, 2.45) is 0 Å². The number of nitrogens with one attached hydrogen (secondary N) is 1. The van der Waals surface area contributed by atoms with Crippen molar-refractivity contribution in [3.05, 3.63) is 23.8 Å². The smallest absolute Gasteiger partial charge is 0.335 e. The number of amides is 2. The van der Waals surface area contributed by atoms with E-state index in [1.807, 2.05) is 13.8 Å². The summed E-state index contributed by atoms with van der Waals surface area (Å²) in [5.41, 5.74) is 0.195. The summed E-state index contributed by atoms with van der Waals surface area (Å²) >= 11 is 0. The van der Waals surface area contributed by atoms with Gasteiger partial charge in [0.25, 0.3) is 0 Å². The number of piperidine rings is 1. The van der Waals surface area contributed by atoms with Crippen molar-refractivity contribution in [3.8, 4) is 5.75 Å². The van der Waals surface area contributed by atoms with E-state index in [0.717, 1.165) is 25.3 Å². The molecule has 1 saturated heterocycles. The molecule has 1 aliphatic rings. The van der Waals surface area contributed by atoms with E-state index < -0.39 is 5.97 Å². The molecule has 1 aromatic carbocycles. The average Bonchev–Trinajstić information content (AvgIpc) is 2.40. The van der Waals surface area contributed by atoms with E-state index in [0.29, 0.717) is 0 Å². The summed E-state index contributed by atoms with van der Waals surface area (Å²) in [4.78, 5) is 24.9. The molecule has 6 heteroatoms. The van der Waals surface area contributed by atoms with Crippen LogP contribution in [0.15, 0.2) is 18.2 Å². The molecule has 114 valence electrons. The van der Waals surface area contributed by atoms with Gasteiger partial charge in [0, 0.05) is 12.1 Å². The van der Waals surface area contributed by atoms with Crippen molar-refractivity contribution in [2.75, 3.05) is 5.32 Å². The second-order valence-electron chi connectivity index (χ2n) is 5.50. The fraction of sp³-hybridized carbons (Fsp3) is 0.467. The normalized spacial score (nSPS) is 21.9. The predicted molar refractivity (Wildman–Crippen MR) is 78.7 cm³/mol. The zero-order chi connectivity index (χ0) is 15.6. The highest BCUT2D eigenvalue weighted by molar-refractivity contribution is 5.93. The van der Waals surface area contributed by atoms with Gasteiger partial charge in [-0.3, -0.25) is 0 Å². The van der Waals surface area contributed by atoms with Gasteiger partial charge in [0.15, 0.2) is 0 Å². The SMILES string of the molecule is CC1CCCC(C)N1C(=O)Nc1ccc(C(=O)O)cc1O. The minimum Gasteiger partial charge on any atom is -0.506 e. The minimum absolute atomic E-state index is 0.0230. The predicted octanol–water partition coefficient (Wildman–Crippen LogP) is 2.89. The minimum atomic E-state index is -1.12. The van der Waals surface area contributed by atoms with Crippen molar-refractivity contribution in [1.29, 1.82) is 0 Å². The van der Waals surface area contributed by atoms with Crippen LogP contribution in [0.2, 0.25) is 0 Å². The molecule has 0 aromatic heterocycles. The van der Waals surface area contributed by atoms with Gasteiger partial charge in [-0.2, -0.15) is 0 Å². The number of anilines is 1. The Balaban J connectivity index is 2.14. The van der Waals surface area contributed by atoms with Crippen LogP contribution >= 0.6 is 0 Å². The maximum absolute atomic E-state index is 12.3. The molecule has 3 N–H and O–H groups in total. The van der Waals surface area contributed by atoms with Crippen LogP contribution in [0.3, 0.4) is 0 Å². The summed E-state index contributed by atoms with van der Waals surface area (Å²) in [5, 5.41) is 21.3. The molecule has 1 aromatic rings. The summed E-state index contributed by atoms with van der Waals surface area (Å²) < 4.78 is 0. The molecular weight excluding hydrogens is 272 g/mol. The molecule has 0 spiro atoms. The van der Waals surface area contributed by atoms with Crippen molar-refractivity contribution >= 4 is 17.7 Å². The highest BCUT2D eigenvalue weighted by Crippen LogP contribution is 2.27. The Labute approximate surface area is 123 Å². The molecule has 2 amide bonds. The largest absolute Gasteiger partial charge is 0.506 e. The molecule has 1 aliphatic heterocycles. The van der Waals surface area contributed by atoms with Crippen LogP contribution in [0, 0.1) is 0 Å². The van der Waals surface area contributed by atoms with Crippen molar-refractivity contribution in [2.45, 2.75) is 45.2 Å². The van der Waals surface area contributed by atoms with E-state index in [-0.39, 0.29) is 35.1 Å². The van der Waals surface area contributed by atoms with Gasteiger partial charge in [-0.05, 0) is 51.3 Å². The second-order valence-corrected chi connectivity index (χ2v) is 5.50. The molecule has 0 saturated carbocycles. The number of benzene rings is 1. The first-order valence-corrected chi connectivity index (χ1v) is 7.05. The Morgan fingerprint density at radius 3 is 2.38 bits per heavy atom. The Bertz CT molecular complexity index is 549. The van der Waals surface area contributed by atoms with Crippen LogP contribution in [0.25, 0.3) is 0 Å². The lowest BCUT2D eigenvalue weighted by Crippen LogP contribution is -2.49. The monoisotopic (exact) mass is 292 g/mol. The first-order valence-electron chi connectivity index (χ1n) is 7.05. The van der Waals surface area contributed by atoms with Gasteiger partial charge in [-0.1, -0.05) is 0 Å². The molecular formula is C15H20N2O4. The van der Waals surface area contributed by atoms with E-state index >= 15 is 0 Å². The van der Waals surface area contributed by atoms with Gasteiger partial charge >= 0.3 is 12.0 Å². The fourth-order valence-electron chi connectivity index (χ4n) is 2.77. The van der Waals surface area contributed by atoms with Crippen LogP contribution < -0.4 is 5.32 Å². The number of rotatable bonds is 2. The quantitative estimate of drug-likeness (QED) is 0.731. The third kappa shape index (κ3) is 3.26. The number of carboxylic acid groups (broad SMARTS) is 1. The molecule has 2 atom stereocenters. The highest BCUT2D eigenvalue weighted by Gasteiger charge is 2.29. The lowest BCUT2D eigenvalue weighted by atomic mass is 9.98. The Morgan fingerprint density at radius 1 is 1.24 bits per heavy atom. The summed E-state index contributed by atoms with van der Waals surface area (Å²) in [6, 6.07) is 3.90. The van der Waals surface area contributed by atoms with Crippen LogP contribution in [-0.2, 0) is 0 Å². The molecule has 2 unspecified atom stereocenters. The number of aromatic hydroxyl groups is 1. The second kappa shape index (κ2) is 6.03. The van der Waals surface area contributed by atoms with Crippen LogP contribution in [0.5, 0.6) is 5.75 Å². The molecule has 2 rings (SSSR count). The Kier molecular flexibility index (Phi) is 4.35. The first kappa shape index (κ1) is 15.2. The highest BCUT2D eigenvalue weighted by atomic mass is 16.4. The van der Waals surface area contributed by atoms with Gasteiger partial charge in [-0.25, -0.2) is 9.59 Å². The fourth-order valence-corrected chi connectivity index (χ4v) is 2.77. The van der Waals surface area contributed by atoms with Gasteiger partial charge in [-0.15, -0.1) is 0 Å². The number of hydrogen-bond donors (Lipinski definition) is 3. The molecule has 1 heterocycles. The molecule has 0 aliphatic carbocycles. The van der Waals surface area contributed by atoms with E-state index in [4.69, 9.17) is 5.11 Å². The van der Waals surface area contributed by atoms with Crippen molar-refractivity contribution in [1.82, 2.24) is 4.90 Å². The zero-order valence-corrected chi connectivity index (χ0v) is 12.2. The van der Waals surface area contributed by atoms with Gasteiger partial charge in [0.05, 0.1) is 11.3 Å². The molecule has 6 nitrogen and oxygen atoms in total. The van der Waals surface area contributed by atoms with Crippen LogP contribution in [0.1, 0.15) is 43.5 Å². The number of aromatic carboxylic acids is 1. The molecule has 0 radical (unpaired) electrons. The van der Waals surface area contributed by atoms with E-state index in [1.54, 1.807) is 4.90 Å². The maximum Gasteiger partial charge on any atom is 0.335 e. The lowest BCUT2D eigenvalue weighted by molar-refractivity contribution is 0.0696. The zero-order valence-electron chi connectivity index (χ0n) is 12.2. The Morgan fingerprint density at radius 2 is 1.86 bits per heavy atom. The number of carbonyl (C=O) groups is 2. The van der Waals surface area contributed by atoms with Gasteiger partial charge in [0.2, 0.25) is 0 Å². The van der Waals surface area contributed by atoms with Crippen molar-refractivity contribution < 1.29 is 19.8 Å². The third-order valence-electron chi connectivity index (χ3n) is 3.91. The summed E-state index contributed by atoms with van der Waals surface area (Å²) in [7, 11) is 0. The molecule has 0 bridgehead atoms. The molecule has 1 fully saturated rings. The average molecular weight is 292 g/mol. The number of carboxylic acids is 1. The summed E-state index contributed by atoms with van der Waals surface area (Å²) in [5.74, 6) is -1.37. The number of phenolic OH excluding ortho intramolecular Hbond substituents is 1. The topological polar surface area (TPSA) is 89.9 Å². The van der Waals surface area contributed by atoms with Gasteiger partial charge in [0.1, 0.15) is 5.75 Å². The number of urea groups is 1. The third-order valence-corrected chi connectivity index (χ3v) is 3.91. The van der Waals surface area contributed by atoms with Crippen LogP contribution in [0.4, 0.5) is 10.5 Å². The standard InChI is InChI=1S/C15H20N2O4/c1-9-4-3-5-10(2)17(9)15(21)16-12-7-6-11(14(19)20)8-13(12)18/h6-10,18H,3-5H2,1-2H3,(H,16,21)(H,19,20). The number of likely N-dealkylation sites (tertiary alicyclic amines) is 1. The number of nitrogens with zero attached hydrogens (tertiary/aromatic N) is 1. The number of hydrogen-bond acceptors (Lipinski definition) is 3.